The normalized spacial score (nSPS) is 10.2. The number of carbonyl (C=O) groups excluding carboxylic acids is 1. The monoisotopic (exact) mass is 260 g/mol. The second kappa shape index (κ2) is 6.98. The maximum Gasteiger partial charge on any atom is 0.248 e. The highest BCUT2D eigenvalue weighted by atomic mass is 16.1. The predicted molar refractivity (Wildman–Crippen MR) is 82.7 cm³/mol. The van der Waals surface area contributed by atoms with Gasteiger partial charge in [-0.25, -0.2) is 0 Å². The highest BCUT2D eigenvalue weighted by molar-refractivity contribution is 5.99. The van der Waals surface area contributed by atoms with Crippen LogP contribution in [-0.4, -0.2) is 18.5 Å². The van der Waals surface area contributed by atoms with E-state index in [0.29, 0.717) is 6.04 Å². The van der Waals surface area contributed by atoms with Gasteiger partial charge >= 0.3 is 0 Å². The minimum absolute atomic E-state index is 0.0797. The van der Waals surface area contributed by atoms with Gasteiger partial charge in [-0.05, 0) is 58.9 Å². The molecule has 0 unspecified atom stereocenters. The first kappa shape index (κ1) is 15.3. The molecular weight excluding hydrogens is 236 g/mol. The molecular formula is C16H24N2O. The Balaban J connectivity index is 2.76. The zero-order valence-corrected chi connectivity index (χ0v) is 12.5. The summed E-state index contributed by atoms with van der Waals surface area (Å²) in [5.74, 6) is -0.0797. The van der Waals surface area contributed by atoms with E-state index in [-0.39, 0.29) is 5.91 Å². The molecule has 1 aromatic carbocycles. The van der Waals surface area contributed by atoms with Crippen LogP contribution in [0.25, 0.3) is 0 Å². The van der Waals surface area contributed by atoms with E-state index in [2.05, 4.69) is 31.0 Å². The SMILES string of the molecule is CCN(c1ccc(NC(=O)C=C(C)C)cc1)C(C)C. The first-order chi connectivity index (χ1) is 8.93. The van der Waals surface area contributed by atoms with Crippen LogP contribution in [0.2, 0.25) is 0 Å². The van der Waals surface area contributed by atoms with Crippen molar-refractivity contribution in [2.24, 2.45) is 0 Å². The second-order valence-electron chi connectivity index (χ2n) is 5.14. The van der Waals surface area contributed by atoms with Crippen molar-refractivity contribution >= 4 is 17.3 Å². The molecule has 0 radical (unpaired) electrons. The van der Waals surface area contributed by atoms with Crippen LogP contribution in [0.3, 0.4) is 0 Å². The van der Waals surface area contributed by atoms with E-state index in [0.717, 1.165) is 17.8 Å². The van der Waals surface area contributed by atoms with E-state index in [1.54, 1.807) is 6.08 Å². The zero-order valence-electron chi connectivity index (χ0n) is 12.5. The number of allylic oxidation sites excluding steroid dienone is 1. The minimum atomic E-state index is -0.0797. The average molecular weight is 260 g/mol. The van der Waals surface area contributed by atoms with E-state index in [4.69, 9.17) is 0 Å². The molecule has 0 atom stereocenters. The Hall–Kier alpha value is -1.77. The summed E-state index contributed by atoms with van der Waals surface area (Å²) in [6.07, 6.45) is 1.60. The summed E-state index contributed by atoms with van der Waals surface area (Å²) in [6, 6.07) is 8.44. The van der Waals surface area contributed by atoms with Crippen molar-refractivity contribution in [1.29, 1.82) is 0 Å². The van der Waals surface area contributed by atoms with Gasteiger partial charge in [0.25, 0.3) is 0 Å². The summed E-state index contributed by atoms with van der Waals surface area (Å²) in [7, 11) is 0. The molecule has 0 aliphatic rings. The molecule has 0 aliphatic heterocycles. The van der Waals surface area contributed by atoms with E-state index >= 15 is 0 Å². The van der Waals surface area contributed by atoms with Gasteiger partial charge in [-0.3, -0.25) is 4.79 Å². The number of anilines is 2. The number of rotatable bonds is 5. The number of nitrogens with one attached hydrogen (secondary N) is 1. The maximum absolute atomic E-state index is 11.6. The molecule has 0 aromatic heterocycles. The quantitative estimate of drug-likeness (QED) is 0.816. The highest BCUT2D eigenvalue weighted by Gasteiger charge is 2.08. The molecule has 1 amide bonds. The van der Waals surface area contributed by atoms with Gasteiger partial charge in [0.2, 0.25) is 5.91 Å². The summed E-state index contributed by atoms with van der Waals surface area (Å²) < 4.78 is 0. The summed E-state index contributed by atoms with van der Waals surface area (Å²) in [6.45, 7) is 11.3. The van der Waals surface area contributed by atoms with Crippen LogP contribution in [0.4, 0.5) is 11.4 Å². The molecule has 1 N–H and O–H groups in total. The van der Waals surface area contributed by atoms with Crippen molar-refractivity contribution in [2.75, 3.05) is 16.8 Å². The van der Waals surface area contributed by atoms with Gasteiger partial charge in [-0.1, -0.05) is 5.57 Å². The number of benzene rings is 1. The Bertz CT molecular complexity index is 442. The molecule has 1 aromatic rings. The average Bonchev–Trinajstić information content (AvgIpc) is 2.30. The van der Waals surface area contributed by atoms with Gasteiger partial charge in [0, 0.05) is 30.0 Å². The third-order valence-electron chi connectivity index (χ3n) is 2.85. The van der Waals surface area contributed by atoms with Crippen molar-refractivity contribution in [3.8, 4) is 0 Å². The van der Waals surface area contributed by atoms with Crippen LogP contribution < -0.4 is 10.2 Å². The lowest BCUT2D eigenvalue weighted by Crippen LogP contribution is -2.30. The summed E-state index contributed by atoms with van der Waals surface area (Å²) >= 11 is 0. The molecule has 0 spiro atoms. The van der Waals surface area contributed by atoms with Crippen LogP contribution in [0.1, 0.15) is 34.6 Å². The lowest BCUT2D eigenvalue weighted by molar-refractivity contribution is -0.111. The molecule has 104 valence electrons. The van der Waals surface area contributed by atoms with Crippen molar-refractivity contribution in [3.05, 3.63) is 35.9 Å². The molecule has 0 bridgehead atoms. The fourth-order valence-corrected chi connectivity index (χ4v) is 2.02. The van der Waals surface area contributed by atoms with Crippen LogP contribution >= 0.6 is 0 Å². The van der Waals surface area contributed by atoms with E-state index in [1.807, 2.05) is 38.1 Å². The largest absolute Gasteiger partial charge is 0.369 e. The Kier molecular flexibility index (Phi) is 5.61. The fraction of sp³-hybridized carbons (Fsp3) is 0.438. The Morgan fingerprint density at radius 2 is 1.84 bits per heavy atom. The third kappa shape index (κ3) is 4.78. The van der Waals surface area contributed by atoms with Crippen molar-refractivity contribution < 1.29 is 4.79 Å². The summed E-state index contributed by atoms with van der Waals surface area (Å²) in [5.41, 5.74) is 3.00. The molecule has 3 heteroatoms. The zero-order chi connectivity index (χ0) is 14.4. The van der Waals surface area contributed by atoms with Crippen molar-refractivity contribution in [3.63, 3.8) is 0 Å². The molecule has 3 nitrogen and oxygen atoms in total. The minimum Gasteiger partial charge on any atom is -0.369 e. The second-order valence-corrected chi connectivity index (χ2v) is 5.14. The van der Waals surface area contributed by atoms with Crippen LogP contribution in [0.5, 0.6) is 0 Å². The standard InChI is InChI=1S/C16H24N2O/c1-6-18(13(4)5)15-9-7-14(8-10-15)17-16(19)11-12(2)3/h7-11,13H,6H2,1-5H3,(H,17,19). The molecule has 0 aliphatic carbocycles. The number of amides is 1. The molecule has 0 heterocycles. The molecule has 0 saturated carbocycles. The van der Waals surface area contributed by atoms with Gasteiger partial charge in [0.15, 0.2) is 0 Å². The topological polar surface area (TPSA) is 32.3 Å². The molecule has 19 heavy (non-hydrogen) atoms. The van der Waals surface area contributed by atoms with Crippen LogP contribution in [-0.2, 0) is 4.79 Å². The Morgan fingerprint density at radius 3 is 2.26 bits per heavy atom. The summed E-state index contributed by atoms with van der Waals surface area (Å²) in [4.78, 5) is 13.9. The summed E-state index contributed by atoms with van der Waals surface area (Å²) in [5, 5.41) is 2.85. The molecule has 0 fully saturated rings. The smallest absolute Gasteiger partial charge is 0.248 e. The van der Waals surface area contributed by atoms with Crippen molar-refractivity contribution in [2.45, 2.75) is 40.7 Å². The lowest BCUT2D eigenvalue weighted by Gasteiger charge is -2.27. The Morgan fingerprint density at radius 1 is 1.26 bits per heavy atom. The fourth-order valence-electron chi connectivity index (χ4n) is 2.02. The van der Waals surface area contributed by atoms with Gasteiger partial charge in [-0.2, -0.15) is 0 Å². The van der Waals surface area contributed by atoms with Gasteiger partial charge in [0.1, 0.15) is 0 Å². The van der Waals surface area contributed by atoms with Gasteiger partial charge < -0.3 is 10.2 Å². The van der Waals surface area contributed by atoms with E-state index in [9.17, 15) is 4.79 Å². The van der Waals surface area contributed by atoms with Gasteiger partial charge in [0.05, 0.1) is 0 Å². The van der Waals surface area contributed by atoms with Crippen LogP contribution in [0.15, 0.2) is 35.9 Å². The number of hydrogen-bond acceptors (Lipinski definition) is 2. The number of hydrogen-bond donors (Lipinski definition) is 1. The van der Waals surface area contributed by atoms with E-state index in [1.165, 1.54) is 5.69 Å². The van der Waals surface area contributed by atoms with E-state index < -0.39 is 0 Å². The third-order valence-corrected chi connectivity index (χ3v) is 2.85. The number of carbonyl (C=O) groups is 1. The maximum atomic E-state index is 11.6. The lowest BCUT2D eigenvalue weighted by atomic mass is 10.2. The predicted octanol–water partition coefficient (Wildman–Crippen LogP) is 3.83. The molecule has 0 saturated heterocycles. The first-order valence-electron chi connectivity index (χ1n) is 6.76. The first-order valence-corrected chi connectivity index (χ1v) is 6.76. The van der Waals surface area contributed by atoms with Crippen molar-refractivity contribution in [1.82, 2.24) is 0 Å². The molecule has 1 rings (SSSR count). The Labute approximate surface area is 116 Å². The number of nitrogens with zero attached hydrogens (tertiary/aromatic N) is 1. The van der Waals surface area contributed by atoms with Crippen LogP contribution in [0, 0.1) is 0 Å². The van der Waals surface area contributed by atoms with Gasteiger partial charge in [-0.15, -0.1) is 0 Å². The highest BCUT2D eigenvalue weighted by Crippen LogP contribution is 2.19.